The van der Waals surface area contributed by atoms with E-state index < -0.39 is 11.7 Å². The second-order valence-corrected chi connectivity index (χ2v) is 2.03. The van der Waals surface area contributed by atoms with Crippen molar-refractivity contribution in [3.63, 3.8) is 0 Å². The van der Waals surface area contributed by atoms with Crippen molar-refractivity contribution < 1.29 is 17.8 Å². The minimum atomic E-state index is -4.28. The van der Waals surface area contributed by atoms with Crippen molar-refractivity contribution in [3.8, 4) is 0 Å². The number of hydrogen-bond donors (Lipinski definition) is 1. The molecule has 0 aliphatic rings. The van der Waals surface area contributed by atoms with Crippen LogP contribution in [0.3, 0.4) is 0 Å². The van der Waals surface area contributed by atoms with Gasteiger partial charge in [0.2, 0.25) is 0 Å². The Morgan fingerprint density at radius 1 is 1.18 bits per heavy atom. The van der Waals surface area contributed by atoms with E-state index in [1.54, 1.807) is 0 Å². The smallest absolute Gasteiger partial charge is 0.205 e. The molecule has 0 radical (unpaired) electrons. The van der Waals surface area contributed by atoms with Crippen molar-refractivity contribution in [2.45, 2.75) is 6.18 Å². The molecule has 1 aromatic rings. The van der Waals surface area contributed by atoms with E-state index in [0.29, 0.717) is 0 Å². The summed E-state index contributed by atoms with van der Waals surface area (Å²) in [5.41, 5.74) is -0.695. The molecule has 0 spiro atoms. The summed E-state index contributed by atoms with van der Waals surface area (Å²) < 4.78 is 36.7. The molecule has 11 heavy (non-hydrogen) atoms. The van der Waals surface area contributed by atoms with Gasteiger partial charge in [-0.1, -0.05) is 4.68 Å². The van der Waals surface area contributed by atoms with Gasteiger partial charge in [0.25, 0.3) is 0 Å². The third kappa shape index (κ3) is 1.83. The summed E-state index contributed by atoms with van der Waals surface area (Å²) in [6.45, 7) is 0. The zero-order valence-electron chi connectivity index (χ0n) is 5.47. The van der Waals surface area contributed by atoms with E-state index in [1.807, 2.05) is 0 Å². The molecule has 0 aliphatic heterocycles. The van der Waals surface area contributed by atoms with E-state index in [9.17, 15) is 13.2 Å². The third-order valence-corrected chi connectivity index (χ3v) is 1.18. The number of nitrogen functional groups attached to an aromatic ring is 1. The van der Waals surface area contributed by atoms with Crippen molar-refractivity contribution in [2.24, 2.45) is 0 Å². The van der Waals surface area contributed by atoms with Gasteiger partial charge in [-0.25, -0.2) is 5.84 Å². The van der Waals surface area contributed by atoms with Gasteiger partial charge in [-0.15, -0.1) is 0 Å². The normalized spacial score (nSPS) is 11.5. The van der Waals surface area contributed by atoms with Crippen LogP contribution in [0, 0.1) is 0 Å². The van der Waals surface area contributed by atoms with E-state index in [4.69, 9.17) is 5.84 Å². The molecule has 1 rings (SSSR count). The highest BCUT2D eigenvalue weighted by Crippen LogP contribution is 2.27. The Kier molecular flexibility index (Phi) is 1.72. The minimum absolute atomic E-state index is 0.695. The first-order valence-electron chi connectivity index (χ1n) is 2.84. The Morgan fingerprint density at radius 3 is 2.00 bits per heavy atom. The van der Waals surface area contributed by atoms with Crippen LogP contribution in [0.25, 0.3) is 0 Å². The second kappa shape index (κ2) is 2.41. The van der Waals surface area contributed by atoms with Crippen molar-refractivity contribution in [3.05, 3.63) is 30.1 Å². The SMILES string of the molecule is N[n+]1ccc(C(F)(F)F)cc1. The van der Waals surface area contributed by atoms with Gasteiger partial charge in [-0.05, 0) is 0 Å². The van der Waals surface area contributed by atoms with Crippen LogP contribution in [0.15, 0.2) is 24.5 Å². The highest BCUT2D eigenvalue weighted by atomic mass is 19.4. The molecule has 2 nitrogen and oxygen atoms in total. The average molecular weight is 163 g/mol. The first-order valence-corrected chi connectivity index (χ1v) is 2.84. The van der Waals surface area contributed by atoms with E-state index >= 15 is 0 Å². The van der Waals surface area contributed by atoms with Gasteiger partial charge in [0.15, 0.2) is 12.4 Å². The van der Waals surface area contributed by atoms with Crippen molar-refractivity contribution in [2.75, 3.05) is 5.84 Å². The van der Waals surface area contributed by atoms with Crippen LogP contribution >= 0.6 is 0 Å². The molecule has 0 amide bonds. The highest BCUT2D eigenvalue weighted by molar-refractivity contribution is 5.11. The molecule has 0 bridgehead atoms. The summed E-state index contributed by atoms with van der Waals surface area (Å²) in [7, 11) is 0. The Labute approximate surface area is 61.0 Å². The number of aromatic nitrogens is 1. The summed E-state index contributed by atoms with van der Waals surface area (Å²) in [5.74, 6) is 5.12. The first-order chi connectivity index (χ1) is 5.00. The summed E-state index contributed by atoms with van der Waals surface area (Å²) in [6, 6.07) is 1.83. The number of halogens is 3. The molecule has 0 unspecified atom stereocenters. The van der Waals surface area contributed by atoms with Crippen LogP contribution in [0.4, 0.5) is 13.2 Å². The zero-order valence-corrected chi connectivity index (χ0v) is 5.47. The molecular formula is C6H6F3N2+. The lowest BCUT2D eigenvalue weighted by Crippen LogP contribution is -2.43. The Balaban J connectivity index is 2.99. The molecule has 1 aromatic heterocycles. The van der Waals surface area contributed by atoms with E-state index in [-0.39, 0.29) is 0 Å². The number of hydrogen-bond acceptors (Lipinski definition) is 1. The average Bonchev–Trinajstić information content (AvgIpc) is 1.86. The van der Waals surface area contributed by atoms with Gasteiger partial charge in [-0.2, -0.15) is 13.2 Å². The highest BCUT2D eigenvalue weighted by Gasteiger charge is 2.30. The van der Waals surface area contributed by atoms with Crippen molar-refractivity contribution >= 4 is 0 Å². The molecule has 0 saturated carbocycles. The Hall–Kier alpha value is -1.26. The van der Waals surface area contributed by atoms with Crippen LogP contribution in [-0.2, 0) is 6.18 Å². The van der Waals surface area contributed by atoms with Gasteiger partial charge < -0.3 is 0 Å². The number of nitrogens with two attached hydrogens (primary N) is 1. The fourth-order valence-corrected chi connectivity index (χ4v) is 0.627. The minimum Gasteiger partial charge on any atom is -0.205 e. The monoisotopic (exact) mass is 163 g/mol. The van der Waals surface area contributed by atoms with Gasteiger partial charge in [0, 0.05) is 12.1 Å². The van der Waals surface area contributed by atoms with E-state index in [2.05, 4.69) is 0 Å². The fourth-order valence-electron chi connectivity index (χ4n) is 0.627. The predicted molar refractivity (Wildman–Crippen MR) is 31.8 cm³/mol. The predicted octanol–water partition coefficient (Wildman–Crippen LogP) is 0.707. The Morgan fingerprint density at radius 2 is 1.64 bits per heavy atom. The van der Waals surface area contributed by atoms with E-state index in [1.165, 1.54) is 0 Å². The van der Waals surface area contributed by atoms with Gasteiger partial charge in [0.1, 0.15) is 0 Å². The molecule has 0 saturated heterocycles. The lowest BCUT2D eigenvalue weighted by molar-refractivity contribution is -0.639. The van der Waals surface area contributed by atoms with Gasteiger partial charge in [-0.3, -0.25) is 0 Å². The topological polar surface area (TPSA) is 29.9 Å². The molecule has 0 aromatic carbocycles. The first kappa shape index (κ1) is 7.84. The van der Waals surface area contributed by atoms with Gasteiger partial charge >= 0.3 is 6.18 Å². The summed E-state index contributed by atoms with van der Waals surface area (Å²) in [6.07, 6.45) is -2.00. The maximum absolute atomic E-state index is 11.9. The standard InChI is InChI=1S/C6H6F3N2/c7-6(8,9)5-1-3-11(10)4-2-5/h1-4H,10H2/q+1. The number of pyridine rings is 1. The number of nitrogens with zero attached hydrogens (tertiary/aromatic N) is 1. The van der Waals surface area contributed by atoms with Crippen molar-refractivity contribution in [1.29, 1.82) is 0 Å². The fraction of sp³-hybridized carbons (Fsp3) is 0.167. The van der Waals surface area contributed by atoms with E-state index in [0.717, 1.165) is 29.2 Å². The lowest BCUT2D eigenvalue weighted by Gasteiger charge is -2.02. The number of rotatable bonds is 0. The quantitative estimate of drug-likeness (QED) is 0.443. The second-order valence-electron chi connectivity index (χ2n) is 2.03. The third-order valence-electron chi connectivity index (χ3n) is 1.18. The van der Waals surface area contributed by atoms with Crippen molar-refractivity contribution in [1.82, 2.24) is 0 Å². The lowest BCUT2D eigenvalue weighted by atomic mass is 10.3. The molecule has 5 heteroatoms. The molecule has 1 heterocycles. The Bertz CT molecular complexity index is 239. The van der Waals surface area contributed by atoms with Crippen LogP contribution in [0.5, 0.6) is 0 Å². The molecule has 0 atom stereocenters. The molecule has 2 N–H and O–H groups in total. The summed E-state index contributed by atoms with van der Waals surface area (Å²) in [5, 5.41) is 0. The summed E-state index contributed by atoms with van der Waals surface area (Å²) >= 11 is 0. The molecule has 0 fully saturated rings. The maximum Gasteiger partial charge on any atom is 0.416 e. The summed E-state index contributed by atoms with van der Waals surface area (Å²) in [4.78, 5) is 0. The largest absolute Gasteiger partial charge is 0.416 e. The molecular weight excluding hydrogens is 157 g/mol. The van der Waals surface area contributed by atoms with Gasteiger partial charge in [0.05, 0.1) is 5.56 Å². The van der Waals surface area contributed by atoms with Crippen LogP contribution in [0.2, 0.25) is 0 Å². The molecule has 0 aliphatic carbocycles. The van der Waals surface area contributed by atoms with Crippen LogP contribution in [-0.4, -0.2) is 0 Å². The van der Waals surface area contributed by atoms with Crippen LogP contribution in [0.1, 0.15) is 5.56 Å². The maximum atomic E-state index is 11.9. The number of alkyl halides is 3. The zero-order chi connectivity index (χ0) is 8.48. The van der Waals surface area contributed by atoms with Crippen LogP contribution < -0.4 is 10.5 Å². The molecule has 60 valence electrons.